The van der Waals surface area contributed by atoms with Crippen molar-refractivity contribution in [3.8, 4) is 5.75 Å². The highest BCUT2D eigenvalue weighted by molar-refractivity contribution is 5.91. The van der Waals surface area contributed by atoms with Gasteiger partial charge in [0, 0.05) is 17.0 Å². The topological polar surface area (TPSA) is 64.1 Å². The highest BCUT2D eigenvalue weighted by atomic mass is 16.5. The Labute approximate surface area is 118 Å². The number of rotatable bonds is 4. The second-order valence-electron chi connectivity index (χ2n) is 4.51. The first-order valence-electron chi connectivity index (χ1n) is 6.32. The molecular formula is C15H17N3O2. The monoisotopic (exact) mass is 271 g/mol. The van der Waals surface area contributed by atoms with Crippen LogP contribution in [0.3, 0.4) is 0 Å². The molecule has 0 atom stereocenters. The molecule has 1 N–H and O–H groups in total. The average Bonchev–Trinajstić information content (AvgIpc) is 2.37. The zero-order valence-corrected chi connectivity index (χ0v) is 11.8. The van der Waals surface area contributed by atoms with Gasteiger partial charge in [0.2, 0.25) is 11.9 Å². The Morgan fingerprint density at radius 1 is 1.20 bits per heavy atom. The van der Waals surface area contributed by atoms with E-state index in [1.54, 1.807) is 7.11 Å². The average molecular weight is 271 g/mol. The molecule has 1 aromatic carbocycles. The fourth-order valence-corrected chi connectivity index (χ4v) is 1.97. The predicted molar refractivity (Wildman–Crippen MR) is 76.8 cm³/mol. The molecule has 1 heterocycles. The minimum absolute atomic E-state index is 0.167. The minimum Gasteiger partial charge on any atom is -0.496 e. The molecule has 104 valence electrons. The third-order valence-electron chi connectivity index (χ3n) is 2.78. The first kappa shape index (κ1) is 14.0. The Morgan fingerprint density at radius 3 is 2.50 bits per heavy atom. The summed E-state index contributed by atoms with van der Waals surface area (Å²) in [5.74, 6) is 0.867. The number of methoxy groups -OCH3 is 1. The summed E-state index contributed by atoms with van der Waals surface area (Å²) in [6, 6.07) is 9.29. The lowest BCUT2D eigenvalue weighted by molar-refractivity contribution is -0.115. The second-order valence-corrected chi connectivity index (χ2v) is 4.51. The SMILES string of the molecule is COc1ccccc1CC(=O)Nc1nc(C)cc(C)n1. The quantitative estimate of drug-likeness (QED) is 0.926. The molecule has 0 aliphatic carbocycles. The van der Waals surface area contributed by atoms with Gasteiger partial charge in [0.1, 0.15) is 5.75 Å². The largest absolute Gasteiger partial charge is 0.496 e. The lowest BCUT2D eigenvalue weighted by atomic mass is 10.1. The summed E-state index contributed by atoms with van der Waals surface area (Å²) in [6.07, 6.45) is 0.223. The summed E-state index contributed by atoms with van der Waals surface area (Å²) in [5, 5.41) is 2.71. The lowest BCUT2D eigenvalue weighted by Crippen LogP contribution is -2.17. The van der Waals surface area contributed by atoms with E-state index in [0.29, 0.717) is 11.7 Å². The van der Waals surface area contributed by atoms with Crippen molar-refractivity contribution in [2.45, 2.75) is 20.3 Å². The molecular weight excluding hydrogens is 254 g/mol. The predicted octanol–water partition coefficient (Wildman–Crippen LogP) is 2.28. The summed E-state index contributed by atoms with van der Waals surface area (Å²) in [7, 11) is 1.59. The van der Waals surface area contributed by atoms with Crippen LogP contribution in [0, 0.1) is 13.8 Å². The first-order valence-corrected chi connectivity index (χ1v) is 6.32. The minimum atomic E-state index is -0.167. The van der Waals surface area contributed by atoms with Gasteiger partial charge in [0.15, 0.2) is 0 Å². The van der Waals surface area contributed by atoms with Crippen LogP contribution in [0.5, 0.6) is 5.75 Å². The van der Waals surface area contributed by atoms with E-state index < -0.39 is 0 Å². The molecule has 2 rings (SSSR count). The van der Waals surface area contributed by atoms with Crippen LogP contribution < -0.4 is 10.1 Å². The van der Waals surface area contributed by atoms with Gasteiger partial charge >= 0.3 is 0 Å². The molecule has 0 saturated heterocycles. The van der Waals surface area contributed by atoms with Crippen molar-refractivity contribution in [2.75, 3.05) is 12.4 Å². The number of hydrogen-bond acceptors (Lipinski definition) is 4. The zero-order valence-electron chi connectivity index (χ0n) is 11.8. The van der Waals surface area contributed by atoms with Crippen molar-refractivity contribution in [1.82, 2.24) is 9.97 Å². The molecule has 5 heteroatoms. The van der Waals surface area contributed by atoms with Crippen molar-refractivity contribution >= 4 is 11.9 Å². The Morgan fingerprint density at radius 2 is 1.85 bits per heavy atom. The number of hydrogen-bond donors (Lipinski definition) is 1. The molecule has 0 fully saturated rings. The summed E-state index contributed by atoms with van der Waals surface area (Å²) in [5.41, 5.74) is 2.48. The van der Waals surface area contributed by atoms with Crippen LogP contribution >= 0.6 is 0 Å². The summed E-state index contributed by atoms with van der Waals surface area (Å²) < 4.78 is 5.22. The van der Waals surface area contributed by atoms with Gasteiger partial charge < -0.3 is 4.74 Å². The first-order chi connectivity index (χ1) is 9.58. The molecule has 0 radical (unpaired) electrons. The van der Waals surface area contributed by atoms with Crippen molar-refractivity contribution in [2.24, 2.45) is 0 Å². The maximum absolute atomic E-state index is 12.0. The van der Waals surface area contributed by atoms with E-state index in [4.69, 9.17) is 4.74 Å². The van der Waals surface area contributed by atoms with Crippen molar-refractivity contribution in [1.29, 1.82) is 0 Å². The van der Waals surface area contributed by atoms with Crippen molar-refractivity contribution < 1.29 is 9.53 Å². The second kappa shape index (κ2) is 6.14. The number of para-hydroxylation sites is 1. The molecule has 5 nitrogen and oxygen atoms in total. The number of anilines is 1. The van der Waals surface area contributed by atoms with Crippen LogP contribution in [0.2, 0.25) is 0 Å². The normalized spacial score (nSPS) is 10.2. The fraction of sp³-hybridized carbons (Fsp3) is 0.267. The Balaban J connectivity index is 2.09. The van der Waals surface area contributed by atoms with Crippen molar-refractivity contribution in [3.63, 3.8) is 0 Å². The van der Waals surface area contributed by atoms with Crippen molar-refractivity contribution in [3.05, 3.63) is 47.3 Å². The van der Waals surface area contributed by atoms with E-state index in [1.807, 2.05) is 44.2 Å². The Kier molecular flexibility index (Phi) is 4.30. The number of amides is 1. The van der Waals surface area contributed by atoms with Crippen LogP contribution in [0.15, 0.2) is 30.3 Å². The number of carbonyl (C=O) groups is 1. The van der Waals surface area contributed by atoms with E-state index in [9.17, 15) is 4.79 Å². The number of carbonyl (C=O) groups excluding carboxylic acids is 1. The fourth-order valence-electron chi connectivity index (χ4n) is 1.97. The maximum atomic E-state index is 12.0. The van der Waals surface area contributed by atoms with E-state index in [1.165, 1.54) is 0 Å². The molecule has 0 spiro atoms. The van der Waals surface area contributed by atoms with E-state index >= 15 is 0 Å². The Hall–Kier alpha value is -2.43. The number of ether oxygens (including phenoxy) is 1. The van der Waals surface area contributed by atoms with Crippen LogP contribution in [0.4, 0.5) is 5.95 Å². The molecule has 1 aromatic heterocycles. The van der Waals surface area contributed by atoms with Crippen LogP contribution in [0.1, 0.15) is 17.0 Å². The lowest BCUT2D eigenvalue weighted by Gasteiger charge is -2.08. The number of benzene rings is 1. The number of nitrogens with one attached hydrogen (secondary N) is 1. The molecule has 0 aliphatic heterocycles. The standard InChI is InChI=1S/C15H17N3O2/c1-10-8-11(2)17-15(16-10)18-14(19)9-12-6-4-5-7-13(12)20-3/h4-8H,9H2,1-3H3,(H,16,17,18,19). The highest BCUT2D eigenvalue weighted by Gasteiger charge is 2.10. The van der Waals surface area contributed by atoms with Crippen LogP contribution in [0.25, 0.3) is 0 Å². The van der Waals surface area contributed by atoms with Gasteiger partial charge in [-0.15, -0.1) is 0 Å². The molecule has 1 amide bonds. The van der Waals surface area contributed by atoms with Gasteiger partial charge in [-0.1, -0.05) is 18.2 Å². The van der Waals surface area contributed by atoms with E-state index in [-0.39, 0.29) is 12.3 Å². The van der Waals surface area contributed by atoms with E-state index in [0.717, 1.165) is 17.0 Å². The van der Waals surface area contributed by atoms with Gasteiger partial charge in [-0.2, -0.15) is 0 Å². The highest BCUT2D eigenvalue weighted by Crippen LogP contribution is 2.18. The number of nitrogens with zero attached hydrogens (tertiary/aromatic N) is 2. The smallest absolute Gasteiger partial charge is 0.231 e. The van der Waals surface area contributed by atoms with Gasteiger partial charge in [-0.25, -0.2) is 9.97 Å². The molecule has 2 aromatic rings. The molecule has 0 bridgehead atoms. The maximum Gasteiger partial charge on any atom is 0.231 e. The summed E-state index contributed by atoms with van der Waals surface area (Å²) in [6.45, 7) is 3.73. The molecule has 0 aliphatic rings. The van der Waals surface area contributed by atoms with Crippen LogP contribution in [-0.2, 0) is 11.2 Å². The molecule has 0 unspecified atom stereocenters. The Bertz CT molecular complexity index is 606. The van der Waals surface area contributed by atoms with Gasteiger partial charge in [-0.3, -0.25) is 10.1 Å². The van der Waals surface area contributed by atoms with Crippen LogP contribution in [-0.4, -0.2) is 23.0 Å². The molecule has 20 heavy (non-hydrogen) atoms. The van der Waals surface area contributed by atoms with Gasteiger partial charge in [0.05, 0.1) is 13.5 Å². The summed E-state index contributed by atoms with van der Waals surface area (Å²) in [4.78, 5) is 20.4. The van der Waals surface area contributed by atoms with Gasteiger partial charge in [0.25, 0.3) is 0 Å². The third-order valence-corrected chi connectivity index (χ3v) is 2.78. The van der Waals surface area contributed by atoms with Gasteiger partial charge in [-0.05, 0) is 26.0 Å². The summed E-state index contributed by atoms with van der Waals surface area (Å²) >= 11 is 0. The molecule has 0 saturated carbocycles. The van der Waals surface area contributed by atoms with E-state index in [2.05, 4.69) is 15.3 Å². The zero-order chi connectivity index (χ0) is 14.5. The third kappa shape index (κ3) is 3.54. The number of aryl methyl sites for hydroxylation is 2. The number of aromatic nitrogens is 2.